The van der Waals surface area contributed by atoms with Gasteiger partial charge in [-0.1, -0.05) is 6.07 Å². The first kappa shape index (κ1) is 14.9. The first-order valence-electron chi connectivity index (χ1n) is 6.62. The number of benzene rings is 1. The Bertz CT molecular complexity index is 476. The Kier molecular flexibility index (Phi) is 4.67. The monoisotopic (exact) mass is 284 g/mol. The highest BCUT2D eigenvalue weighted by Gasteiger charge is 2.31. The molecule has 1 aliphatic rings. The largest absolute Gasteiger partial charge is 0.364 e. The van der Waals surface area contributed by atoms with Crippen LogP contribution >= 0.6 is 0 Å². The van der Waals surface area contributed by atoms with Crippen molar-refractivity contribution in [1.82, 2.24) is 5.32 Å². The summed E-state index contributed by atoms with van der Waals surface area (Å²) in [7, 11) is 0. The molecule has 2 rings (SSSR count). The van der Waals surface area contributed by atoms with E-state index in [4.69, 9.17) is 10.5 Å². The number of rotatable bonds is 4. The SMILES string of the molecule is CC(NC(=O)[C@@H]1CC[C@H](CN)O1)c1c(F)cccc1F. The van der Waals surface area contributed by atoms with Gasteiger partial charge in [-0.25, -0.2) is 8.78 Å². The first-order chi connectivity index (χ1) is 9.52. The number of hydrogen-bond donors (Lipinski definition) is 2. The molecule has 0 saturated carbocycles. The van der Waals surface area contributed by atoms with Crippen molar-refractivity contribution in [3.05, 3.63) is 35.4 Å². The van der Waals surface area contributed by atoms with Gasteiger partial charge >= 0.3 is 0 Å². The summed E-state index contributed by atoms with van der Waals surface area (Å²) in [6.07, 6.45) is 0.573. The molecule has 0 aromatic heterocycles. The smallest absolute Gasteiger partial charge is 0.249 e. The molecule has 6 heteroatoms. The fraction of sp³-hybridized carbons (Fsp3) is 0.500. The number of carbonyl (C=O) groups is 1. The summed E-state index contributed by atoms with van der Waals surface area (Å²) < 4.78 is 32.7. The predicted molar refractivity (Wildman–Crippen MR) is 69.9 cm³/mol. The van der Waals surface area contributed by atoms with Gasteiger partial charge in [0.1, 0.15) is 17.7 Å². The van der Waals surface area contributed by atoms with Crippen LogP contribution in [-0.2, 0) is 9.53 Å². The number of amides is 1. The number of nitrogens with one attached hydrogen (secondary N) is 1. The van der Waals surface area contributed by atoms with Crippen LogP contribution in [0.5, 0.6) is 0 Å². The Hall–Kier alpha value is -1.53. The lowest BCUT2D eigenvalue weighted by Crippen LogP contribution is -2.37. The Morgan fingerprint density at radius 1 is 1.45 bits per heavy atom. The van der Waals surface area contributed by atoms with Crippen molar-refractivity contribution in [3.8, 4) is 0 Å². The predicted octanol–water partition coefficient (Wildman–Crippen LogP) is 1.65. The van der Waals surface area contributed by atoms with Gasteiger partial charge in [-0.3, -0.25) is 4.79 Å². The molecular weight excluding hydrogens is 266 g/mol. The molecule has 3 N–H and O–H groups in total. The molecule has 3 atom stereocenters. The molecule has 1 saturated heterocycles. The second-order valence-electron chi connectivity index (χ2n) is 4.93. The highest BCUT2D eigenvalue weighted by Crippen LogP contribution is 2.23. The van der Waals surface area contributed by atoms with Gasteiger partial charge in [0.25, 0.3) is 0 Å². The van der Waals surface area contributed by atoms with Crippen molar-refractivity contribution in [2.24, 2.45) is 5.73 Å². The number of carbonyl (C=O) groups excluding carboxylic acids is 1. The molecule has 0 bridgehead atoms. The van der Waals surface area contributed by atoms with Crippen LogP contribution in [0, 0.1) is 11.6 Å². The zero-order chi connectivity index (χ0) is 14.7. The second kappa shape index (κ2) is 6.28. The van der Waals surface area contributed by atoms with Crippen molar-refractivity contribution in [2.75, 3.05) is 6.54 Å². The summed E-state index contributed by atoms with van der Waals surface area (Å²) in [6, 6.07) is 2.85. The third-order valence-electron chi connectivity index (χ3n) is 3.45. The van der Waals surface area contributed by atoms with Crippen LogP contribution in [0.3, 0.4) is 0 Å². The number of halogens is 2. The number of hydrogen-bond acceptors (Lipinski definition) is 3. The lowest BCUT2D eigenvalue weighted by atomic mass is 10.1. The third-order valence-corrected chi connectivity index (χ3v) is 3.45. The van der Waals surface area contributed by atoms with Crippen LogP contribution < -0.4 is 11.1 Å². The molecule has 1 aliphatic heterocycles. The molecule has 1 aromatic carbocycles. The van der Waals surface area contributed by atoms with Gasteiger partial charge in [-0.2, -0.15) is 0 Å². The average molecular weight is 284 g/mol. The van der Waals surface area contributed by atoms with Gasteiger partial charge in [0, 0.05) is 12.1 Å². The molecule has 110 valence electrons. The van der Waals surface area contributed by atoms with E-state index in [1.165, 1.54) is 13.0 Å². The Morgan fingerprint density at radius 2 is 2.10 bits per heavy atom. The zero-order valence-electron chi connectivity index (χ0n) is 11.2. The molecule has 4 nitrogen and oxygen atoms in total. The minimum absolute atomic E-state index is 0.119. The van der Waals surface area contributed by atoms with Crippen molar-refractivity contribution >= 4 is 5.91 Å². The molecule has 1 amide bonds. The molecule has 1 aromatic rings. The fourth-order valence-electron chi connectivity index (χ4n) is 2.37. The van der Waals surface area contributed by atoms with Crippen LogP contribution in [0.1, 0.15) is 31.4 Å². The molecule has 20 heavy (non-hydrogen) atoms. The molecule has 1 fully saturated rings. The Balaban J connectivity index is 2.01. The van der Waals surface area contributed by atoms with E-state index in [1.807, 2.05) is 0 Å². The quantitative estimate of drug-likeness (QED) is 0.883. The second-order valence-corrected chi connectivity index (χ2v) is 4.93. The third kappa shape index (κ3) is 3.13. The number of ether oxygens (including phenoxy) is 1. The van der Waals surface area contributed by atoms with E-state index >= 15 is 0 Å². The van der Waals surface area contributed by atoms with Crippen LogP contribution in [0.15, 0.2) is 18.2 Å². The van der Waals surface area contributed by atoms with Crippen LogP contribution in [0.4, 0.5) is 8.78 Å². The van der Waals surface area contributed by atoms with E-state index in [2.05, 4.69) is 5.32 Å². The Labute approximate surface area is 116 Å². The summed E-state index contributed by atoms with van der Waals surface area (Å²) in [5.74, 6) is -1.72. The average Bonchev–Trinajstić information content (AvgIpc) is 2.87. The molecule has 1 heterocycles. The zero-order valence-corrected chi connectivity index (χ0v) is 11.2. The first-order valence-corrected chi connectivity index (χ1v) is 6.62. The van der Waals surface area contributed by atoms with E-state index in [9.17, 15) is 13.6 Å². The summed E-state index contributed by atoms with van der Waals surface area (Å²) >= 11 is 0. The fourth-order valence-corrected chi connectivity index (χ4v) is 2.37. The minimum atomic E-state index is -0.760. The summed E-state index contributed by atoms with van der Waals surface area (Å²) in [4.78, 5) is 12.0. The number of nitrogens with two attached hydrogens (primary N) is 1. The summed E-state index contributed by atoms with van der Waals surface area (Å²) in [5, 5.41) is 2.58. The van der Waals surface area contributed by atoms with Gasteiger partial charge in [-0.05, 0) is 31.9 Å². The van der Waals surface area contributed by atoms with Crippen LogP contribution in [0.25, 0.3) is 0 Å². The lowest BCUT2D eigenvalue weighted by molar-refractivity contribution is -0.132. The maximum atomic E-state index is 13.6. The van der Waals surface area contributed by atoms with Crippen molar-refractivity contribution < 1.29 is 18.3 Å². The molecule has 0 spiro atoms. The molecular formula is C14H18F2N2O2. The maximum Gasteiger partial charge on any atom is 0.249 e. The highest BCUT2D eigenvalue weighted by atomic mass is 19.1. The van der Waals surface area contributed by atoms with Gasteiger partial charge in [0.05, 0.1) is 12.1 Å². The van der Waals surface area contributed by atoms with Crippen molar-refractivity contribution in [3.63, 3.8) is 0 Å². The molecule has 1 unspecified atom stereocenters. The van der Waals surface area contributed by atoms with E-state index in [1.54, 1.807) is 0 Å². The van der Waals surface area contributed by atoms with Crippen molar-refractivity contribution in [2.45, 2.75) is 38.0 Å². The summed E-state index contributed by atoms with van der Waals surface area (Å²) in [6.45, 7) is 1.90. The van der Waals surface area contributed by atoms with Gasteiger partial charge in [-0.15, -0.1) is 0 Å². The lowest BCUT2D eigenvalue weighted by Gasteiger charge is -2.18. The van der Waals surface area contributed by atoms with Gasteiger partial charge < -0.3 is 15.8 Å². The van der Waals surface area contributed by atoms with Gasteiger partial charge in [0.15, 0.2) is 0 Å². The topological polar surface area (TPSA) is 64.4 Å². The molecule has 0 radical (unpaired) electrons. The maximum absolute atomic E-state index is 13.6. The normalized spacial score (nSPS) is 23.6. The van der Waals surface area contributed by atoms with E-state index in [0.717, 1.165) is 18.6 Å². The Morgan fingerprint density at radius 3 is 2.65 bits per heavy atom. The standard InChI is InChI=1S/C14H18F2N2O2/c1-8(13-10(15)3-2-4-11(13)16)18-14(19)12-6-5-9(7-17)20-12/h2-4,8-9,12H,5-7,17H2,1H3,(H,18,19)/t8?,9-,12+/m1/s1. The van der Waals surface area contributed by atoms with Crippen LogP contribution in [-0.4, -0.2) is 24.7 Å². The summed E-state index contributed by atoms with van der Waals surface area (Å²) in [5.41, 5.74) is 5.33. The van der Waals surface area contributed by atoms with Crippen molar-refractivity contribution in [1.29, 1.82) is 0 Å². The van der Waals surface area contributed by atoms with E-state index in [-0.39, 0.29) is 17.6 Å². The van der Waals surface area contributed by atoms with Gasteiger partial charge in [0.2, 0.25) is 5.91 Å². The van der Waals surface area contributed by atoms with E-state index < -0.39 is 23.8 Å². The minimum Gasteiger partial charge on any atom is -0.364 e. The highest BCUT2D eigenvalue weighted by molar-refractivity contribution is 5.81. The van der Waals surface area contributed by atoms with Crippen LogP contribution in [0.2, 0.25) is 0 Å². The molecule has 0 aliphatic carbocycles. The van der Waals surface area contributed by atoms with E-state index in [0.29, 0.717) is 13.0 Å².